The van der Waals surface area contributed by atoms with Crippen LogP contribution in [-0.4, -0.2) is 17.6 Å². The summed E-state index contributed by atoms with van der Waals surface area (Å²) in [5.41, 5.74) is 4.41. The van der Waals surface area contributed by atoms with Crippen LogP contribution >= 0.6 is 23.4 Å². The molecule has 0 radical (unpaired) electrons. The molecule has 2 amide bonds. The maximum atomic E-state index is 13.5. The van der Waals surface area contributed by atoms with Crippen LogP contribution in [0.1, 0.15) is 30.9 Å². The van der Waals surface area contributed by atoms with Crippen LogP contribution in [0.5, 0.6) is 0 Å². The van der Waals surface area contributed by atoms with Crippen molar-refractivity contribution < 1.29 is 9.59 Å². The predicted octanol–water partition coefficient (Wildman–Crippen LogP) is 6.61. The molecule has 0 unspecified atom stereocenters. The summed E-state index contributed by atoms with van der Waals surface area (Å²) < 4.78 is 0. The van der Waals surface area contributed by atoms with Crippen molar-refractivity contribution in [2.24, 2.45) is 0 Å². The third-order valence-corrected chi connectivity index (χ3v) is 7.52. The molecule has 0 aromatic heterocycles. The fourth-order valence-electron chi connectivity index (χ4n) is 4.34. The van der Waals surface area contributed by atoms with Crippen LogP contribution in [0.15, 0.2) is 101 Å². The van der Waals surface area contributed by atoms with Crippen molar-refractivity contribution >= 4 is 46.6 Å². The number of aryl methyl sites for hydroxylation is 1. The summed E-state index contributed by atoms with van der Waals surface area (Å²) >= 11 is 7.80. The highest BCUT2D eigenvalue weighted by atomic mass is 35.5. The first-order valence-corrected chi connectivity index (χ1v) is 13.5. The highest BCUT2D eigenvalue weighted by molar-refractivity contribution is 8.03. The van der Waals surface area contributed by atoms with Gasteiger partial charge >= 0.3 is 0 Å². The highest BCUT2D eigenvalue weighted by Gasteiger charge is 2.36. The Balaban J connectivity index is 1.64. The summed E-state index contributed by atoms with van der Waals surface area (Å²) in [6.45, 7) is 3.82. The van der Waals surface area contributed by atoms with Crippen LogP contribution in [0.3, 0.4) is 0 Å². The molecule has 0 aliphatic carbocycles. The molecule has 8 heteroatoms. The lowest BCUT2D eigenvalue weighted by Crippen LogP contribution is -2.31. The molecule has 4 rings (SSSR count). The quantitative estimate of drug-likeness (QED) is 0.298. The number of anilines is 2. The van der Waals surface area contributed by atoms with Crippen molar-refractivity contribution in [3.63, 3.8) is 0 Å². The maximum absolute atomic E-state index is 13.5. The average Bonchev–Trinajstić information content (AvgIpc) is 2.92. The van der Waals surface area contributed by atoms with Crippen LogP contribution < -0.4 is 16.0 Å². The van der Waals surface area contributed by atoms with E-state index in [4.69, 9.17) is 11.6 Å². The lowest BCUT2D eigenvalue weighted by molar-refractivity contribution is -0.114. The number of nitrogens with zero attached hydrogens (tertiary/aromatic N) is 1. The summed E-state index contributed by atoms with van der Waals surface area (Å²) in [5, 5.41) is 20.3. The largest absolute Gasteiger partial charge is 0.353 e. The number of nitriles is 1. The Bertz CT molecular complexity index is 1460. The van der Waals surface area contributed by atoms with Gasteiger partial charge in [0.1, 0.15) is 0 Å². The highest BCUT2D eigenvalue weighted by Crippen LogP contribution is 2.43. The molecule has 1 aliphatic heterocycles. The van der Waals surface area contributed by atoms with Gasteiger partial charge in [0.05, 0.1) is 28.3 Å². The standard InChI is InChI=1S/C30H27ClN4O2S/c1-3-20-11-7-10-16-25(20)35-26(36)18-38-30-23(17-32)28(22-14-8-9-15-24(22)31)27(19(2)33-30)29(37)34-21-12-5-4-6-13-21/h4-16,28,33H,3,18H2,1-2H3,(H,34,37)(H,35,36)/t28-/m1/s1. The summed E-state index contributed by atoms with van der Waals surface area (Å²) in [7, 11) is 0. The Morgan fingerprint density at radius 3 is 2.39 bits per heavy atom. The first kappa shape index (κ1) is 27.1. The SMILES string of the molecule is CCc1ccccc1NC(=O)CSC1=C(C#N)[C@@H](c2ccccc2Cl)C(C(=O)Nc2ccccc2)=C(C)N1. The molecule has 1 atom stereocenters. The van der Waals surface area contributed by atoms with E-state index in [1.54, 1.807) is 31.2 Å². The molecule has 0 saturated carbocycles. The lowest BCUT2D eigenvalue weighted by atomic mass is 9.82. The van der Waals surface area contributed by atoms with E-state index in [2.05, 4.69) is 22.0 Å². The third-order valence-electron chi connectivity index (χ3n) is 6.16. The Labute approximate surface area is 231 Å². The molecule has 0 bridgehead atoms. The van der Waals surface area contributed by atoms with Gasteiger partial charge in [0.2, 0.25) is 5.91 Å². The molecule has 38 heavy (non-hydrogen) atoms. The second-order valence-electron chi connectivity index (χ2n) is 8.64. The van der Waals surface area contributed by atoms with Gasteiger partial charge in [0, 0.05) is 27.7 Å². The third kappa shape index (κ3) is 6.10. The van der Waals surface area contributed by atoms with E-state index in [0.29, 0.717) is 38.1 Å². The van der Waals surface area contributed by atoms with Gasteiger partial charge in [-0.25, -0.2) is 0 Å². The number of rotatable bonds is 8. The van der Waals surface area contributed by atoms with Gasteiger partial charge < -0.3 is 16.0 Å². The molecule has 3 aromatic carbocycles. The van der Waals surface area contributed by atoms with Crippen LogP contribution in [-0.2, 0) is 16.0 Å². The zero-order chi connectivity index (χ0) is 27.1. The first-order valence-electron chi connectivity index (χ1n) is 12.2. The van der Waals surface area contributed by atoms with Crippen molar-refractivity contribution in [1.29, 1.82) is 5.26 Å². The molecular formula is C30H27ClN4O2S. The van der Waals surface area contributed by atoms with Crippen LogP contribution in [0.4, 0.5) is 11.4 Å². The van der Waals surface area contributed by atoms with Crippen molar-refractivity contribution in [3.8, 4) is 6.07 Å². The van der Waals surface area contributed by atoms with Crippen LogP contribution in [0.25, 0.3) is 0 Å². The van der Waals surface area contributed by atoms with Gasteiger partial charge in [-0.05, 0) is 48.7 Å². The minimum atomic E-state index is -0.704. The Morgan fingerprint density at radius 1 is 1.00 bits per heavy atom. The number of dihydropyridines is 1. The molecule has 0 saturated heterocycles. The van der Waals surface area contributed by atoms with E-state index >= 15 is 0 Å². The van der Waals surface area contributed by atoms with Gasteiger partial charge in [-0.3, -0.25) is 9.59 Å². The van der Waals surface area contributed by atoms with Gasteiger partial charge in [0.15, 0.2) is 0 Å². The van der Waals surface area contributed by atoms with Crippen molar-refractivity contribution in [2.75, 3.05) is 16.4 Å². The van der Waals surface area contributed by atoms with Crippen LogP contribution in [0.2, 0.25) is 5.02 Å². The fourth-order valence-corrected chi connectivity index (χ4v) is 5.48. The van der Waals surface area contributed by atoms with E-state index in [1.165, 1.54) is 11.8 Å². The van der Waals surface area contributed by atoms with Crippen molar-refractivity contribution in [1.82, 2.24) is 5.32 Å². The zero-order valence-electron chi connectivity index (χ0n) is 21.0. The minimum Gasteiger partial charge on any atom is -0.353 e. The fraction of sp³-hybridized carbons (Fsp3) is 0.167. The molecule has 6 nitrogen and oxygen atoms in total. The average molecular weight is 543 g/mol. The summed E-state index contributed by atoms with van der Waals surface area (Å²) in [6, 6.07) is 26.3. The van der Waals surface area contributed by atoms with E-state index in [0.717, 1.165) is 17.7 Å². The molecule has 3 aromatic rings. The monoisotopic (exact) mass is 542 g/mol. The van der Waals surface area contributed by atoms with Crippen molar-refractivity contribution in [3.05, 3.63) is 117 Å². The first-order chi connectivity index (χ1) is 18.4. The smallest absolute Gasteiger partial charge is 0.254 e. The number of hydrogen-bond donors (Lipinski definition) is 3. The van der Waals surface area contributed by atoms with Crippen LogP contribution in [0, 0.1) is 11.3 Å². The number of hydrogen-bond acceptors (Lipinski definition) is 5. The van der Waals surface area contributed by atoms with Crippen molar-refractivity contribution in [2.45, 2.75) is 26.2 Å². The lowest BCUT2D eigenvalue weighted by Gasteiger charge is -2.30. The predicted molar refractivity (Wildman–Crippen MR) is 155 cm³/mol. The second kappa shape index (κ2) is 12.5. The summed E-state index contributed by atoms with van der Waals surface area (Å²) in [5.74, 6) is -1.15. The number of benzene rings is 3. The Morgan fingerprint density at radius 2 is 1.68 bits per heavy atom. The molecule has 0 fully saturated rings. The summed E-state index contributed by atoms with van der Waals surface area (Å²) in [6.07, 6.45) is 0.798. The second-order valence-corrected chi connectivity index (χ2v) is 10.0. The Hall–Kier alpha value is -3.99. The molecular weight excluding hydrogens is 516 g/mol. The Kier molecular flexibility index (Phi) is 8.90. The topological polar surface area (TPSA) is 94.0 Å². The molecule has 1 heterocycles. The zero-order valence-corrected chi connectivity index (χ0v) is 22.6. The number of carbonyl (C=O) groups is 2. The number of carbonyl (C=O) groups excluding carboxylic acids is 2. The molecule has 3 N–H and O–H groups in total. The number of halogens is 1. The number of para-hydroxylation sites is 2. The van der Waals surface area contributed by atoms with Gasteiger partial charge in [-0.15, -0.1) is 0 Å². The van der Waals surface area contributed by atoms with Gasteiger partial charge in [-0.2, -0.15) is 5.26 Å². The van der Waals surface area contributed by atoms with E-state index in [9.17, 15) is 14.9 Å². The molecule has 0 spiro atoms. The molecule has 1 aliphatic rings. The van der Waals surface area contributed by atoms with E-state index in [-0.39, 0.29) is 17.6 Å². The molecule has 192 valence electrons. The normalized spacial score (nSPS) is 14.9. The van der Waals surface area contributed by atoms with Gasteiger partial charge in [-0.1, -0.05) is 84.9 Å². The number of amides is 2. The number of allylic oxidation sites excluding steroid dienone is 2. The minimum absolute atomic E-state index is 0.0830. The maximum Gasteiger partial charge on any atom is 0.254 e. The van der Waals surface area contributed by atoms with E-state index < -0.39 is 5.92 Å². The number of nitrogens with one attached hydrogen (secondary N) is 3. The summed E-state index contributed by atoms with van der Waals surface area (Å²) in [4.78, 5) is 26.3. The van der Waals surface area contributed by atoms with Gasteiger partial charge in [0.25, 0.3) is 5.91 Å². The van der Waals surface area contributed by atoms with E-state index in [1.807, 2.05) is 61.5 Å². The number of thioether (sulfide) groups is 1.